The van der Waals surface area contributed by atoms with Crippen molar-refractivity contribution in [2.75, 3.05) is 32.2 Å². The molecule has 0 saturated carbocycles. The van der Waals surface area contributed by atoms with Crippen LogP contribution in [0.3, 0.4) is 0 Å². The van der Waals surface area contributed by atoms with Crippen LogP contribution in [0.15, 0.2) is 36.8 Å². The topological polar surface area (TPSA) is 76.6 Å². The molecule has 0 bridgehead atoms. The molecule has 1 saturated heterocycles. The lowest BCUT2D eigenvalue weighted by Crippen LogP contribution is -2.41. The monoisotopic (exact) mass is 370 g/mol. The van der Waals surface area contributed by atoms with Crippen molar-refractivity contribution in [3.63, 3.8) is 0 Å². The second-order valence-corrected chi connectivity index (χ2v) is 6.67. The highest BCUT2D eigenvalue weighted by atomic mass is 16.5. The second-order valence-electron chi connectivity index (χ2n) is 6.67. The number of rotatable bonds is 6. The van der Waals surface area contributed by atoms with Crippen molar-refractivity contribution in [3.8, 4) is 11.5 Å². The Morgan fingerprint density at radius 2 is 1.93 bits per heavy atom. The Balaban J connectivity index is 1.56. The molecule has 144 valence electrons. The summed E-state index contributed by atoms with van der Waals surface area (Å²) in [4.78, 5) is 23.3. The van der Waals surface area contributed by atoms with Crippen molar-refractivity contribution in [3.05, 3.63) is 42.4 Å². The Bertz CT molecular complexity index is 761. The van der Waals surface area contributed by atoms with Gasteiger partial charge in [0.25, 0.3) is 0 Å². The molecule has 2 aromatic rings. The smallest absolute Gasteiger partial charge is 0.223 e. The molecular weight excluding hydrogens is 344 g/mol. The van der Waals surface area contributed by atoms with Gasteiger partial charge in [0, 0.05) is 31.4 Å². The Morgan fingerprint density at radius 3 is 2.56 bits per heavy atom. The van der Waals surface area contributed by atoms with Crippen LogP contribution >= 0.6 is 0 Å². The molecule has 1 aromatic carbocycles. The normalized spacial score (nSPS) is 15.9. The van der Waals surface area contributed by atoms with Gasteiger partial charge in [-0.05, 0) is 37.5 Å². The number of hydrogen-bond acceptors (Lipinski definition) is 6. The molecular formula is C20H26N4O3. The fraction of sp³-hybridized carbons (Fsp3) is 0.450. The van der Waals surface area contributed by atoms with Crippen molar-refractivity contribution < 1.29 is 14.3 Å². The largest absolute Gasteiger partial charge is 0.493 e. The number of amides is 1. The number of methoxy groups -OCH3 is 2. The standard InChI is InChI=1S/C20H26N4O3/c1-14(16-4-5-17(26-2)18(12-16)27-3)23-20(25)15-6-10-24(11-7-15)19-13-21-8-9-22-19/h4-5,8-9,12-15H,6-7,10-11H2,1-3H3,(H,23,25). The number of ether oxygens (including phenoxy) is 2. The van der Waals surface area contributed by atoms with Gasteiger partial charge >= 0.3 is 0 Å². The summed E-state index contributed by atoms with van der Waals surface area (Å²) in [6.45, 7) is 3.59. The summed E-state index contributed by atoms with van der Waals surface area (Å²) in [7, 11) is 3.21. The Labute approximate surface area is 159 Å². The number of nitrogens with one attached hydrogen (secondary N) is 1. The molecule has 1 aromatic heterocycles. The molecule has 3 rings (SSSR count). The number of carbonyl (C=O) groups excluding carboxylic acids is 1. The lowest BCUT2D eigenvalue weighted by Gasteiger charge is -2.32. The van der Waals surface area contributed by atoms with Crippen LogP contribution in [0.2, 0.25) is 0 Å². The van der Waals surface area contributed by atoms with Gasteiger partial charge < -0.3 is 19.7 Å². The summed E-state index contributed by atoms with van der Waals surface area (Å²) in [6, 6.07) is 5.61. The predicted octanol–water partition coefficient (Wildman–Crippen LogP) is 2.59. The van der Waals surface area contributed by atoms with Crippen LogP contribution in [0.4, 0.5) is 5.82 Å². The third-order valence-electron chi connectivity index (χ3n) is 5.01. The zero-order valence-corrected chi connectivity index (χ0v) is 16.0. The molecule has 1 atom stereocenters. The van der Waals surface area contributed by atoms with Gasteiger partial charge in [0.05, 0.1) is 26.5 Å². The number of aromatic nitrogens is 2. The molecule has 1 fully saturated rings. The second kappa shape index (κ2) is 8.70. The summed E-state index contributed by atoms with van der Waals surface area (Å²) in [6.07, 6.45) is 6.74. The summed E-state index contributed by atoms with van der Waals surface area (Å²) in [5.74, 6) is 2.32. The molecule has 1 aliphatic rings. The zero-order valence-electron chi connectivity index (χ0n) is 16.0. The molecule has 0 aliphatic carbocycles. The summed E-state index contributed by atoms with van der Waals surface area (Å²) in [5, 5.41) is 3.13. The van der Waals surface area contributed by atoms with E-state index >= 15 is 0 Å². The summed E-state index contributed by atoms with van der Waals surface area (Å²) < 4.78 is 10.6. The summed E-state index contributed by atoms with van der Waals surface area (Å²) >= 11 is 0. The maximum atomic E-state index is 12.7. The first-order valence-corrected chi connectivity index (χ1v) is 9.15. The first-order valence-electron chi connectivity index (χ1n) is 9.15. The number of hydrogen-bond donors (Lipinski definition) is 1. The first-order chi connectivity index (χ1) is 13.1. The molecule has 7 heteroatoms. The van der Waals surface area contributed by atoms with Gasteiger partial charge in [0.1, 0.15) is 5.82 Å². The van der Waals surface area contributed by atoms with Gasteiger partial charge in [-0.2, -0.15) is 0 Å². The average Bonchev–Trinajstić information content (AvgIpc) is 2.73. The van der Waals surface area contributed by atoms with E-state index in [2.05, 4.69) is 20.2 Å². The van der Waals surface area contributed by atoms with E-state index in [-0.39, 0.29) is 17.9 Å². The Morgan fingerprint density at radius 1 is 1.19 bits per heavy atom. The van der Waals surface area contributed by atoms with Crippen LogP contribution in [-0.2, 0) is 4.79 Å². The molecule has 0 radical (unpaired) electrons. The van der Waals surface area contributed by atoms with E-state index in [1.54, 1.807) is 32.8 Å². The van der Waals surface area contributed by atoms with Gasteiger partial charge in [-0.3, -0.25) is 9.78 Å². The Hall–Kier alpha value is -2.83. The molecule has 7 nitrogen and oxygen atoms in total. The third-order valence-corrected chi connectivity index (χ3v) is 5.01. The van der Waals surface area contributed by atoms with Gasteiger partial charge in [-0.25, -0.2) is 4.98 Å². The number of carbonyl (C=O) groups is 1. The molecule has 2 heterocycles. The van der Waals surface area contributed by atoms with Crippen LogP contribution in [0.1, 0.15) is 31.4 Å². The van der Waals surface area contributed by atoms with Crippen LogP contribution in [0, 0.1) is 5.92 Å². The molecule has 1 amide bonds. The number of benzene rings is 1. The average molecular weight is 370 g/mol. The van der Waals surface area contributed by atoms with Crippen molar-refractivity contribution in [1.82, 2.24) is 15.3 Å². The minimum Gasteiger partial charge on any atom is -0.493 e. The summed E-state index contributed by atoms with van der Waals surface area (Å²) in [5.41, 5.74) is 0.984. The quantitative estimate of drug-likeness (QED) is 0.842. The van der Waals surface area contributed by atoms with E-state index in [9.17, 15) is 4.79 Å². The number of piperidine rings is 1. The van der Waals surface area contributed by atoms with Crippen molar-refractivity contribution in [2.24, 2.45) is 5.92 Å². The molecule has 0 spiro atoms. The molecule has 1 unspecified atom stereocenters. The number of nitrogens with zero attached hydrogens (tertiary/aromatic N) is 3. The van der Waals surface area contributed by atoms with Crippen molar-refractivity contribution in [2.45, 2.75) is 25.8 Å². The number of anilines is 1. The van der Waals surface area contributed by atoms with Gasteiger partial charge in [0.15, 0.2) is 11.5 Å². The van der Waals surface area contributed by atoms with Gasteiger partial charge in [-0.1, -0.05) is 6.07 Å². The third kappa shape index (κ3) is 4.48. The lowest BCUT2D eigenvalue weighted by molar-refractivity contribution is -0.126. The van der Waals surface area contributed by atoms with Crippen LogP contribution in [0.25, 0.3) is 0 Å². The maximum absolute atomic E-state index is 12.7. The van der Waals surface area contributed by atoms with Crippen LogP contribution in [-0.4, -0.2) is 43.2 Å². The van der Waals surface area contributed by atoms with E-state index in [1.807, 2.05) is 25.1 Å². The highest BCUT2D eigenvalue weighted by Crippen LogP contribution is 2.30. The van der Waals surface area contributed by atoms with E-state index in [0.717, 1.165) is 37.3 Å². The highest BCUT2D eigenvalue weighted by Gasteiger charge is 2.26. The van der Waals surface area contributed by atoms with Crippen LogP contribution < -0.4 is 19.7 Å². The van der Waals surface area contributed by atoms with Crippen molar-refractivity contribution >= 4 is 11.7 Å². The van der Waals surface area contributed by atoms with Crippen LogP contribution in [0.5, 0.6) is 11.5 Å². The SMILES string of the molecule is COc1ccc(C(C)NC(=O)C2CCN(c3cnccn3)CC2)cc1OC. The van der Waals surface area contributed by atoms with E-state index in [1.165, 1.54) is 0 Å². The zero-order chi connectivity index (χ0) is 19.2. The predicted molar refractivity (Wildman–Crippen MR) is 103 cm³/mol. The fourth-order valence-electron chi connectivity index (χ4n) is 3.36. The van der Waals surface area contributed by atoms with E-state index < -0.39 is 0 Å². The molecule has 1 aliphatic heterocycles. The minimum absolute atomic E-state index is 0.0144. The van der Waals surface area contributed by atoms with Gasteiger partial charge in [-0.15, -0.1) is 0 Å². The first kappa shape index (κ1) is 18.9. The minimum atomic E-state index is -0.102. The van der Waals surface area contributed by atoms with E-state index in [0.29, 0.717) is 11.5 Å². The lowest BCUT2D eigenvalue weighted by atomic mass is 9.95. The van der Waals surface area contributed by atoms with E-state index in [4.69, 9.17) is 9.47 Å². The maximum Gasteiger partial charge on any atom is 0.223 e. The van der Waals surface area contributed by atoms with Gasteiger partial charge in [0.2, 0.25) is 5.91 Å². The fourth-order valence-corrected chi connectivity index (χ4v) is 3.36. The molecule has 27 heavy (non-hydrogen) atoms. The van der Waals surface area contributed by atoms with Crippen molar-refractivity contribution in [1.29, 1.82) is 0 Å². The Kier molecular flexibility index (Phi) is 6.11. The highest BCUT2D eigenvalue weighted by molar-refractivity contribution is 5.79. The molecule has 1 N–H and O–H groups in total.